The average Bonchev–Trinajstić information content (AvgIpc) is 3.23. The van der Waals surface area contributed by atoms with Gasteiger partial charge in [-0.3, -0.25) is 14.5 Å². The molecule has 9 heteroatoms. The molecule has 2 heterocycles. The summed E-state index contributed by atoms with van der Waals surface area (Å²) >= 11 is 0. The smallest absolute Gasteiger partial charge is 0.253 e. The van der Waals surface area contributed by atoms with Gasteiger partial charge in [-0.1, -0.05) is 24.3 Å². The zero-order valence-electron chi connectivity index (χ0n) is 19.0. The van der Waals surface area contributed by atoms with Gasteiger partial charge < -0.3 is 9.88 Å². The van der Waals surface area contributed by atoms with Crippen LogP contribution in [0.5, 0.6) is 0 Å². The Bertz CT molecular complexity index is 1310. The monoisotopic (exact) mass is 468 g/mol. The largest absolute Gasteiger partial charge is 0.360 e. The number of carbonyl (C=O) groups excluding carboxylic acids is 2. The number of hydrogen-bond acceptors (Lipinski definition) is 5. The minimum atomic E-state index is -3.64. The van der Waals surface area contributed by atoms with Crippen molar-refractivity contribution in [3.63, 3.8) is 0 Å². The fraction of sp³-hybridized carbons (Fsp3) is 0.333. The lowest BCUT2D eigenvalue weighted by Gasteiger charge is -2.34. The van der Waals surface area contributed by atoms with Crippen LogP contribution in [0.1, 0.15) is 26.3 Å². The lowest BCUT2D eigenvalue weighted by molar-refractivity contribution is 0.0624. The highest BCUT2D eigenvalue weighted by atomic mass is 32.2. The SMILES string of the molecule is Cc1ccc(C(=O)N2CCN(CC(=O)c3c[nH]c4ccccc34)CC2)cc1S(=O)(=O)N(C)C. The summed E-state index contributed by atoms with van der Waals surface area (Å²) < 4.78 is 26.3. The van der Waals surface area contributed by atoms with Crippen molar-refractivity contribution < 1.29 is 18.0 Å². The van der Waals surface area contributed by atoms with Gasteiger partial charge in [0.2, 0.25) is 10.0 Å². The predicted molar refractivity (Wildman–Crippen MR) is 127 cm³/mol. The van der Waals surface area contributed by atoms with E-state index in [1.54, 1.807) is 30.2 Å². The average molecular weight is 469 g/mol. The van der Waals surface area contributed by atoms with Crippen LogP contribution in [0.15, 0.2) is 53.6 Å². The van der Waals surface area contributed by atoms with Gasteiger partial charge in [0.05, 0.1) is 11.4 Å². The number of aromatic nitrogens is 1. The Morgan fingerprint density at radius 3 is 2.42 bits per heavy atom. The number of rotatable bonds is 6. The number of nitrogens with one attached hydrogen (secondary N) is 1. The molecule has 0 radical (unpaired) electrons. The molecule has 1 aliphatic heterocycles. The quantitative estimate of drug-likeness (QED) is 0.561. The topological polar surface area (TPSA) is 93.8 Å². The number of para-hydroxylation sites is 1. The zero-order valence-corrected chi connectivity index (χ0v) is 19.9. The molecule has 8 nitrogen and oxygen atoms in total. The molecule has 3 aromatic rings. The zero-order chi connectivity index (χ0) is 23.8. The lowest BCUT2D eigenvalue weighted by atomic mass is 10.1. The number of ketones is 1. The van der Waals surface area contributed by atoms with Crippen molar-refractivity contribution in [1.82, 2.24) is 19.1 Å². The molecule has 0 atom stereocenters. The predicted octanol–water partition coefficient (Wildman–Crippen LogP) is 2.37. The number of amides is 1. The Kier molecular flexibility index (Phi) is 6.38. The number of sulfonamides is 1. The number of carbonyl (C=O) groups is 2. The molecule has 33 heavy (non-hydrogen) atoms. The normalized spacial score (nSPS) is 15.3. The molecule has 0 spiro atoms. The van der Waals surface area contributed by atoms with E-state index < -0.39 is 10.0 Å². The molecule has 4 rings (SSSR count). The minimum absolute atomic E-state index is 0.0456. The highest BCUT2D eigenvalue weighted by Crippen LogP contribution is 2.22. The standard InChI is InChI=1S/C24H28N4O4S/c1-17-8-9-18(14-23(17)33(31,32)26(2)3)24(30)28-12-10-27(11-13-28)16-22(29)20-15-25-21-7-5-4-6-19(20)21/h4-9,14-15,25H,10-13,16H2,1-3H3. The second-order valence-corrected chi connectivity index (χ2v) is 10.6. The first-order valence-electron chi connectivity index (χ1n) is 10.8. The van der Waals surface area contributed by atoms with Crippen molar-refractivity contribution in [1.29, 1.82) is 0 Å². The fourth-order valence-electron chi connectivity index (χ4n) is 4.09. The number of aromatic amines is 1. The third-order valence-electron chi connectivity index (χ3n) is 6.11. The molecular weight excluding hydrogens is 440 g/mol. The lowest BCUT2D eigenvalue weighted by Crippen LogP contribution is -2.49. The molecule has 1 amide bonds. The fourth-order valence-corrected chi connectivity index (χ4v) is 5.23. The molecule has 2 aromatic carbocycles. The molecule has 1 saturated heterocycles. The first-order chi connectivity index (χ1) is 15.7. The van der Waals surface area contributed by atoms with Crippen LogP contribution in [0.25, 0.3) is 10.9 Å². The van der Waals surface area contributed by atoms with Crippen LogP contribution >= 0.6 is 0 Å². The minimum Gasteiger partial charge on any atom is -0.360 e. The van der Waals surface area contributed by atoms with Crippen molar-refractivity contribution in [2.75, 3.05) is 46.8 Å². The van der Waals surface area contributed by atoms with Gasteiger partial charge in [-0.15, -0.1) is 0 Å². The van der Waals surface area contributed by atoms with Crippen LogP contribution in [-0.4, -0.2) is 86.0 Å². The Morgan fingerprint density at radius 2 is 1.73 bits per heavy atom. The van der Waals surface area contributed by atoms with Gasteiger partial charge in [-0.05, 0) is 30.7 Å². The van der Waals surface area contributed by atoms with Crippen molar-refractivity contribution in [3.8, 4) is 0 Å². The highest BCUT2D eigenvalue weighted by Gasteiger charge is 2.26. The summed E-state index contributed by atoms with van der Waals surface area (Å²) in [5.41, 5.74) is 2.56. The van der Waals surface area contributed by atoms with Gasteiger partial charge in [-0.2, -0.15) is 0 Å². The molecular formula is C24H28N4O4S. The van der Waals surface area contributed by atoms with E-state index in [0.717, 1.165) is 15.2 Å². The maximum atomic E-state index is 13.1. The number of fused-ring (bicyclic) bond motifs is 1. The summed E-state index contributed by atoms with van der Waals surface area (Å²) in [6.07, 6.45) is 1.75. The van der Waals surface area contributed by atoms with Crippen molar-refractivity contribution in [2.24, 2.45) is 0 Å². The molecule has 1 N–H and O–H groups in total. The molecule has 0 aliphatic carbocycles. The van der Waals surface area contributed by atoms with Crippen LogP contribution in [0.2, 0.25) is 0 Å². The van der Waals surface area contributed by atoms with Crippen LogP contribution in [0, 0.1) is 6.92 Å². The van der Waals surface area contributed by atoms with Crippen molar-refractivity contribution in [3.05, 3.63) is 65.4 Å². The van der Waals surface area contributed by atoms with Gasteiger partial charge in [0.15, 0.2) is 5.78 Å². The molecule has 1 fully saturated rings. The molecule has 0 saturated carbocycles. The van der Waals surface area contributed by atoms with Crippen LogP contribution in [-0.2, 0) is 10.0 Å². The second-order valence-electron chi connectivity index (χ2n) is 8.51. The Labute approximate surface area is 193 Å². The summed E-state index contributed by atoms with van der Waals surface area (Å²) in [7, 11) is -0.695. The molecule has 0 bridgehead atoms. The number of Topliss-reactive ketones (excluding diaryl/α,β-unsaturated/α-hetero) is 1. The third kappa shape index (κ3) is 4.57. The number of H-pyrrole nitrogens is 1. The van der Waals surface area contributed by atoms with E-state index >= 15 is 0 Å². The van der Waals surface area contributed by atoms with Crippen LogP contribution in [0.4, 0.5) is 0 Å². The van der Waals surface area contributed by atoms with Crippen LogP contribution in [0.3, 0.4) is 0 Å². The maximum absolute atomic E-state index is 13.1. The maximum Gasteiger partial charge on any atom is 0.253 e. The number of aryl methyl sites for hydroxylation is 1. The molecule has 1 aromatic heterocycles. The van der Waals surface area contributed by atoms with E-state index in [2.05, 4.69) is 4.98 Å². The molecule has 1 aliphatic rings. The van der Waals surface area contributed by atoms with Crippen LogP contribution < -0.4 is 0 Å². The second kappa shape index (κ2) is 9.09. The number of nitrogens with zero attached hydrogens (tertiary/aromatic N) is 3. The summed E-state index contributed by atoms with van der Waals surface area (Å²) in [5, 5.41) is 0.916. The van der Waals surface area contributed by atoms with E-state index in [-0.39, 0.29) is 16.6 Å². The summed E-state index contributed by atoms with van der Waals surface area (Å²) in [6.45, 7) is 4.12. The Balaban J connectivity index is 1.41. The van der Waals surface area contributed by atoms with E-state index in [0.29, 0.717) is 49.4 Å². The van der Waals surface area contributed by atoms with Crippen molar-refractivity contribution in [2.45, 2.75) is 11.8 Å². The number of hydrogen-bond donors (Lipinski definition) is 1. The first-order valence-corrected chi connectivity index (χ1v) is 12.3. The van der Waals surface area contributed by atoms with Gasteiger partial charge in [0, 0.05) is 68.5 Å². The van der Waals surface area contributed by atoms with Gasteiger partial charge in [-0.25, -0.2) is 12.7 Å². The summed E-state index contributed by atoms with van der Waals surface area (Å²) in [5.74, 6) is -0.155. The summed E-state index contributed by atoms with van der Waals surface area (Å²) in [6, 6.07) is 12.5. The van der Waals surface area contributed by atoms with Gasteiger partial charge in [0.25, 0.3) is 5.91 Å². The van der Waals surface area contributed by atoms with Crippen molar-refractivity contribution >= 4 is 32.6 Å². The van der Waals surface area contributed by atoms with Gasteiger partial charge >= 0.3 is 0 Å². The third-order valence-corrected chi connectivity index (χ3v) is 8.07. The van der Waals surface area contributed by atoms with E-state index in [1.807, 2.05) is 29.2 Å². The van der Waals surface area contributed by atoms with E-state index in [4.69, 9.17) is 0 Å². The Morgan fingerprint density at radius 1 is 1.03 bits per heavy atom. The van der Waals surface area contributed by atoms with Gasteiger partial charge in [0.1, 0.15) is 0 Å². The Hall–Kier alpha value is -3.01. The molecule has 0 unspecified atom stereocenters. The summed E-state index contributed by atoms with van der Waals surface area (Å²) in [4.78, 5) is 32.9. The molecule has 174 valence electrons. The number of piperazine rings is 1. The highest BCUT2D eigenvalue weighted by molar-refractivity contribution is 7.89. The first kappa shape index (κ1) is 23.2. The number of benzene rings is 2. The van der Waals surface area contributed by atoms with E-state index in [1.165, 1.54) is 20.2 Å². The van der Waals surface area contributed by atoms with E-state index in [9.17, 15) is 18.0 Å².